The van der Waals surface area contributed by atoms with E-state index in [2.05, 4.69) is 13.8 Å². The molecular formula is C21H32O. The second-order valence-electron chi connectivity index (χ2n) is 10.2. The molecule has 0 aliphatic heterocycles. The molecule has 0 amide bonds. The Morgan fingerprint density at radius 2 is 1.73 bits per heavy atom. The number of Topliss-reactive ketones (excluding diaryl/α,β-unsaturated/α-hetero) is 1. The molecule has 122 valence electrons. The van der Waals surface area contributed by atoms with Crippen molar-refractivity contribution < 1.29 is 4.79 Å². The van der Waals surface area contributed by atoms with E-state index in [9.17, 15) is 4.79 Å². The number of ketones is 1. The van der Waals surface area contributed by atoms with E-state index >= 15 is 0 Å². The third kappa shape index (κ3) is 1.37. The molecule has 1 nitrogen and oxygen atoms in total. The second-order valence-corrected chi connectivity index (χ2v) is 10.2. The van der Waals surface area contributed by atoms with Gasteiger partial charge in [0.1, 0.15) is 5.78 Å². The van der Waals surface area contributed by atoms with Gasteiger partial charge in [-0.1, -0.05) is 13.8 Å². The molecule has 5 aliphatic carbocycles. The highest BCUT2D eigenvalue weighted by Crippen LogP contribution is 2.81. The average Bonchev–Trinajstić information content (AvgIpc) is 2.94. The van der Waals surface area contributed by atoms with E-state index in [1.165, 1.54) is 51.4 Å². The van der Waals surface area contributed by atoms with Crippen LogP contribution in [0, 0.1) is 45.8 Å². The van der Waals surface area contributed by atoms with Crippen LogP contribution < -0.4 is 0 Å². The van der Waals surface area contributed by atoms with Crippen molar-refractivity contribution in [2.45, 2.75) is 78.6 Å². The molecular weight excluding hydrogens is 268 g/mol. The molecule has 5 saturated carbocycles. The van der Waals surface area contributed by atoms with Gasteiger partial charge in [-0.05, 0) is 105 Å². The standard InChI is InChI=1S/C21H32O/c1-13(22)16-4-5-17-15-7-11-21-12-14(21)6-10-20(21,3)18(15)8-9-19(16,17)2/h14-18H,4-12H2,1-3H3/t14?,15-,16+,17-,18-,19+,20+,21?/m0/s1. The molecule has 1 heteroatoms. The summed E-state index contributed by atoms with van der Waals surface area (Å²) in [5.74, 6) is 4.73. The summed E-state index contributed by atoms with van der Waals surface area (Å²) in [6, 6.07) is 0. The first kappa shape index (κ1) is 14.1. The minimum atomic E-state index is 0.343. The Hall–Kier alpha value is -0.330. The second kappa shape index (κ2) is 4.01. The van der Waals surface area contributed by atoms with Crippen molar-refractivity contribution in [3.8, 4) is 0 Å². The van der Waals surface area contributed by atoms with Crippen molar-refractivity contribution in [2.24, 2.45) is 45.8 Å². The Morgan fingerprint density at radius 3 is 2.45 bits per heavy atom. The smallest absolute Gasteiger partial charge is 0.133 e. The molecule has 5 aliphatic rings. The Balaban J connectivity index is 1.49. The quantitative estimate of drug-likeness (QED) is 0.647. The fourth-order valence-electron chi connectivity index (χ4n) is 8.90. The summed E-state index contributed by atoms with van der Waals surface area (Å²) in [6.07, 6.45) is 12.9. The molecule has 0 heterocycles. The maximum Gasteiger partial charge on any atom is 0.133 e. The van der Waals surface area contributed by atoms with Gasteiger partial charge in [-0.25, -0.2) is 0 Å². The van der Waals surface area contributed by atoms with Gasteiger partial charge < -0.3 is 0 Å². The number of hydrogen-bond acceptors (Lipinski definition) is 1. The SMILES string of the molecule is CC(=O)[C@H]1CC[C@H]2[C@@H]3CCC45CC4CC[C@]5(C)[C@H]3CC[C@]12C. The van der Waals surface area contributed by atoms with Crippen LogP contribution in [0.1, 0.15) is 78.6 Å². The normalized spacial score (nSPS) is 61.9. The largest absolute Gasteiger partial charge is 0.300 e. The summed E-state index contributed by atoms with van der Waals surface area (Å²) in [4.78, 5) is 12.2. The van der Waals surface area contributed by atoms with Crippen LogP contribution >= 0.6 is 0 Å². The summed E-state index contributed by atoms with van der Waals surface area (Å²) < 4.78 is 0. The fraction of sp³-hybridized carbons (Fsp3) is 0.952. The fourth-order valence-corrected chi connectivity index (χ4v) is 8.90. The van der Waals surface area contributed by atoms with Crippen molar-refractivity contribution in [1.29, 1.82) is 0 Å². The lowest BCUT2D eigenvalue weighted by Crippen LogP contribution is -2.52. The first-order chi connectivity index (χ1) is 10.4. The zero-order valence-corrected chi connectivity index (χ0v) is 14.7. The van der Waals surface area contributed by atoms with E-state index in [4.69, 9.17) is 0 Å². The third-order valence-corrected chi connectivity index (χ3v) is 10.1. The number of fused-ring (bicyclic) bond motifs is 4. The third-order valence-electron chi connectivity index (χ3n) is 10.1. The van der Waals surface area contributed by atoms with Crippen LogP contribution in [0.4, 0.5) is 0 Å². The van der Waals surface area contributed by atoms with Gasteiger partial charge >= 0.3 is 0 Å². The van der Waals surface area contributed by atoms with Crippen molar-refractivity contribution >= 4 is 5.78 Å². The summed E-state index contributed by atoms with van der Waals surface area (Å²) >= 11 is 0. The molecule has 0 saturated heterocycles. The number of carbonyl (C=O) groups excluding carboxylic acids is 1. The molecule has 0 bridgehead atoms. The zero-order chi connectivity index (χ0) is 15.3. The van der Waals surface area contributed by atoms with Crippen LogP contribution in [0.2, 0.25) is 0 Å². The van der Waals surface area contributed by atoms with Crippen molar-refractivity contribution in [1.82, 2.24) is 0 Å². The van der Waals surface area contributed by atoms with Gasteiger partial charge in [-0.15, -0.1) is 0 Å². The highest BCUT2D eigenvalue weighted by Gasteiger charge is 2.73. The van der Waals surface area contributed by atoms with E-state index in [1.54, 1.807) is 6.42 Å². The Bertz CT molecular complexity index is 538. The van der Waals surface area contributed by atoms with Crippen molar-refractivity contribution in [2.75, 3.05) is 0 Å². The number of rotatable bonds is 1. The summed E-state index contributed by atoms with van der Waals surface area (Å²) in [5.41, 5.74) is 1.78. The molecule has 0 aromatic heterocycles. The van der Waals surface area contributed by atoms with Gasteiger partial charge in [-0.2, -0.15) is 0 Å². The Morgan fingerprint density at radius 1 is 0.909 bits per heavy atom. The topological polar surface area (TPSA) is 17.1 Å². The summed E-state index contributed by atoms with van der Waals surface area (Å²) in [7, 11) is 0. The van der Waals surface area contributed by atoms with Crippen LogP contribution in [0.3, 0.4) is 0 Å². The molecule has 0 aromatic rings. The Kier molecular flexibility index (Phi) is 2.56. The summed E-state index contributed by atoms with van der Waals surface area (Å²) in [5, 5.41) is 0. The van der Waals surface area contributed by atoms with Crippen LogP contribution in [-0.2, 0) is 4.79 Å². The molecule has 0 aromatic carbocycles. The van der Waals surface area contributed by atoms with Crippen LogP contribution in [0.15, 0.2) is 0 Å². The number of carbonyl (C=O) groups is 1. The van der Waals surface area contributed by atoms with E-state index in [1.807, 2.05) is 6.92 Å². The monoisotopic (exact) mass is 300 g/mol. The van der Waals surface area contributed by atoms with E-state index in [0.717, 1.165) is 29.1 Å². The molecule has 22 heavy (non-hydrogen) atoms. The van der Waals surface area contributed by atoms with E-state index in [0.29, 0.717) is 22.5 Å². The molecule has 1 spiro atoms. The molecule has 0 radical (unpaired) electrons. The lowest BCUT2D eigenvalue weighted by Gasteiger charge is -2.58. The lowest BCUT2D eigenvalue weighted by molar-refractivity contribution is -0.131. The van der Waals surface area contributed by atoms with Gasteiger partial charge in [0.2, 0.25) is 0 Å². The molecule has 5 rings (SSSR count). The minimum absolute atomic E-state index is 0.343. The van der Waals surface area contributed by atoms with Crippen LogP contribution in [-0.4, -0.2) is 5.78 Å². The van der Waals surface area contributed by atoms with Crippen LogP contribution in [0.5, 0.6) is 0 Å². The Labute approximate surface area is 135 Å². The van der Waals surface area contributed by atoms with E-state index < -0.39 is 0 Å². The predicted molar refractivity (Wildman–Crippen MR) is 88.3 cm³/mol. The van der Waals surface area contributed by atoms with Crippen molar-refractivity contribution in [3.05, 3.63) is 0 Å². The van der Waals surface area contributed by atoms with Gasteiger partial charge in [0.25, 0.3) is 0 Å². The number of hydrogen-bond donors (Lipinski definition) is 0. The van der Waals surface area contributed by atoms with Gasteiger partial charge in [0.15, 0.2) is 0 Å². The van der Waals surface area contributed by atoms with Gasteiger partial charge in [-0.3, -0.25) is 4.79 Å². The lowest BCUT2D eigenvalue weighted by atomic mass is 9.46. The first-order valence-electron chi connectivity index (χ1n) is 9.93. The highest BCUT2D eigenvalue weighted by atomic mass is 16.1. The molecule has 0 N–H and O–H groups in total. The highest BCUT2D eigenvalue weighted by molar-refractivity contribution is 5.79. The van der Waals surface area contributed by atoms with Gasteiger partial charge in [0.05, 0.1) is 0 Å². The minimum Gasteiger partial charge on any atom is -0.300 e. The zero-order valence-electron chi connectivity index (χ0n) is 14.7. The molecule has 5 fully saturated rings. The van der Waals surface area contributed by atoms with E-state index in [-0.39, 0.29) is 0 Å². The first-order valence-corrected chi connectivity index (χ1v) is 9.93. The molecule has 8 atom stereocenters. The van der Waals surface area contributed by atoms with Gasteiger partial charge in [0, 0.05) is 5.92 Å². The molecule has 2 unspecified atom stereocenters. The van der Waals surface area contributed by atoms with Crippen LogP contribution in [0.25, 0.3) is 0 Å². The maximum absolute atomic E-state index is 12.2. The predicted octanol–water partition coefficient (Wildman–Crippen LogP) is 5.23. The van der Waals surface area contributed by atoms with Crippen molar-refractivity contribution in [3.63, 3.8) is 0 Å². The maximum atomic E-state index is 12.2. The summed E-state index contributed by atoms with van der Waals surface area (Å²) in [6.45, 7) is 7.01. The average molecular weight is 300 g/mol.